The van der Waals surface area contributed by atoms with Gasteiger partial charge in [0.2, 0.25) is 5.82 Å². The fourth-order valence-electron chi connectivity index (χ4n) is 2.60. The van der Waals surface area contributed by atoms with Crippen molar-refractivity contribution >= 4 is 11.9 Å². The number of aromatic nitrogens is 3. The predicted molar refractivity (Wildman–Crippen MR) is 93.9 cm³/mol. The number of rotatable bonds is 6. The minimum atomic E-state index is -1.08. The number of carbonyl (C=O) groups is 2. The summed E-state index contributed by atoms with van der Waals surface area (Å²) in [5, 5.41) is 16.0. The molecule has 1 heterocycles. The molecule has 0 radical (unpaired) electrons. The van der Waals surface area contributed by atoms with Gasteiger partial charge >= 0.3 is 5.97 Å². The zero-order valence-corrected chi connectivity index (χ0v) is 15.1. The molecule has 1 aromatic heterocycles. The maximum Gasteiger partial charge on any atom is 0.326 e. The third-order valence-corrected chi connectivity index (χ3v) is 3.98. The summed E-state index contributed by atoms with van der Waals surface area (Å²) in [5.41, 5.74) is 1.95. The molecule has 25 heavy (non-hydrogen) atoms. The van der Waals surface area contributed by atoms with E-state index in [-0.39, 0.29) is 17.7 Å². The standard InChI is InChI=1S/C18H24N4O3/c1-10(2)13-8-6-7-9-14(13)22-12(5)19-16(21-22)17(23)20-15(11(3)4)18(24)25/h6-11,15H,1-5H3,(H,20,23)(H,24,25)/t15-/m1/s1. The predicted octanol–water partition coefficient (Wildman–Crippen LogP) is 2.54. The Kier molecular flexibility index (Phi) is 5.56. The zero-order chi connectivity index (χ0) is 18.7. The number of amides is 1. The molecule has 7 nitrogen and oxygen atoms in total. The molecular formula is C18H24N4O3. The molecule has 0 fully saturated rings. The number of hydrogen-bond donors (Lipinski definition) is 2. The van der Waals surface area contributed by atoms with E-state index in [1.807, 2.05) is 24.3 Å². The van der Waals surface area contributed by atoms with E-state index in [9.17, 15) is 14.7 Å². The minimum Gasteiger partial charge on any atom is -0.480 e. The summed E-state index contributed by atoms with van der Waals surface area (Å²) in [4.78, 5) is 27.8. The van der Waals surface area contributed by atoms with Crippen molar-refractivity contribution in [2.45, 2.75) is 46.6 Å². The Hall–Kier alpha value is -2.70. The molecule has 134 valence electrons. The molecule has 1 atom stereocenters. The lowest BCUT2D eigenvalue weighted by Gasteiger charge is -2.16. The molecule has 0 aliphatic rings. The lowest BCUT2D eigenvalue weighted by molar-refractivity contribution is -0.140. The van der Waals surface area contributed by atoms with Gasteiger partial charge in [-0.15, -0.1) is 5.10 Å². The van der Waals surface area contributed by atoms with Crippen LogP contribution in [0.3, 0.4) is 0 Å². The van der Waals surface area contributed by atoms with Crippen LogP contribution in [0.2, 0.25) is 0 Å². The first-order valence-corrected chi connectivity index (χ1v) is 8.29. The van der Waals surface area contributed by atoms with E-state index in [4.69, 9.17) is 0 Å². The van der Waals surface area contributed by atoms with Crippen molar-refractivity contribution in [2.24, 2.45) is 5.92 Å². The van der Waals surface area contributed by atoms with Crippen LogP contribution in [-0.2, 0) is 4.79 Å². The number of nitrogens with one attached hydrogen (secondary N) is 1. The molecule has 0 spiro atoms. The first kappa shape index (κ1) is 18.6. The van der Waals surface area contributed by atoms with E-state index >= 15 is 0 Å². The second kappa shape index (κ2) is 7.46. The zero-order valence-electron chi connectivity index (χ0n) is 15.1. The van der Waals surface area contributed by atoms with Crippen molar-refractivity contribution in [3.05, 3.63) is 41.5 Å². The van der Waals surface area contributed by atoms with Crippen LogP contribution in [0.1, 0.15) is 55.6 Å². The topological polar surface area (TPSA) is 97.1 Å². The van der Waals surface area contributed by atoms with Crippen molar-refractivity contribution in [3.63, 3.8) is 0 Å². The Morgan fingerprint density at radius 3 is 2.36 bits per heavy atom. The van der Waals surface area contributed by atoms with Gasteiger partial charge in [-0.25, -0.2) is 14.5 Å². The van der Waals surface area contributed by atoms with Gasteiger partial charge in [0.15, 0.2) is 0 Å². The molecule has 7 heteroatoms. The molecule has 0 aliphatic carbocycles. The highest BCUT2D eigenvalue weighted by Crippen LogP contribution is 2.23. The average molecular weight is 344 g/mol. The lowest BCUT2D eigenvalue weighted by Crippen LogP contribution is -2.44. The van der Waals surface area contributed by atoms with Crippen LogP contribution in [-0.4, -0.2) is 37.8 Å². The first-order chi connectivity index (χ1) is 11.7. The summed E-state index contributed by atoms with van der Waals surface area (Å²) in [7, 11) is 0. The third-order valence-electron chi connectivity index (χ3n) is 3.98. The summed E-state index contributed by atoms with van der Waals surface area (Å²) < 4.78 is 1.62. The number of benzene rings is 1. The number of para-hydroxylation sites is 1. The van der Waals surface area contributed by atoms with Crippen molar-refractivity contribution in [1.29, 1.82) is 0 Å². The smallest absolute Gasteiger partial charge is 0.326 e. The Morgan fingerprint density at radius 2 is 1.80 bits per heavy atom. The maximum absolute atomic E-state index is 12.4. The van der Waals surface area contributed by atoms with Gasteiger partial charge < -0.3 is 10.4 Å². The number of carbonyl (C=O) groups excluding carboxylic acids is 1. The van der Waals surface area contributed by atoms with Crippen LogP contribution in [0.15, 0.2) is 24.3 Å². The number of aryl methyl sites for hydroxylation is 1. The number of carboxylic acids is 1. The van der Waals surface area contributed by atoms with Crippen LogP contribution < -0.4 is 5.32 Å². The fourth-order valence-corrected chi connectivity index (χ4v) is 2.60. The molecule has 0 saturated carbocycles. The number of hydrogen-bond acceptors (Lipinski definition) is 4. The van der Waals surface area contributed by atoms with Gasteiger partial charge in [-0.1, -0.05) is 45.9 Å². The Balaban J connectivity index is 2.35. The second-order valence-electron chi connectivity index (χ2n) is 6.64. The van der Waals surface area contributed by atoms with Gasteiger partial charge in [-0.2, -0.15) is 0 Å². The van der Waals surface area contributed by atoms with Gasteiger partial charge in [-0.3, -0.25) is 4.79 Å². The van der Waals surface area contributed by atoms with Crippen LogP contribution in [0.4, 0.5) is 0 Å². The summed E-state index contributed by atoms with van der Waals surface area (Å²) in [5.74, 6) is -1.10. The highest BCUT2D eigenvalue weighted by molar-refractivity contribution is 5.93. The molecule has 0 aliphatic heterocycles. The van der Waals surface area contributed by atoms with E-state index in [0.717, 1.165) is 11.3 Å². The van der Waals surface area contributed by atoms with Crippen LogP contribution in [0.25, 0.3) is 5.69 Å². The molecule has 2 N–H and O–H groups in total. The molecule has 0 unspecified atom stereocenters. The van der Waals surface area contributed by atoms with E-state index < -0.39 is 17.9 Å². The normalized spacial score (nSPS) is 12.4. The van der Waals surface area contributed by atoms with E-state index in [0.29, 0.717) is 5.82 Å². The van der Waals surface area contributed by atoms with Crippen LogP contribution in [0, 0.1) is 12.8 Å². The summed E-state index contributed by atoms with van der Waals surface area (Å²) in [6, 6.07) is 6.82. The average Bonchev–Trinajstić information content (AvgIpc) is 2.93. The highest BCUT2D eigenvalue weighted by atomic mass is 16.4. The molecule has 1 amide bonds. The van der Waals surface area contributed by atoms with E-state index in [1.165, 1.54) is 0 Å². The first-order valence-electron chi connectivity index (χ1n) is 8.29. The monoisotopic (exact) mass is 344 g/mol. The molecule has 2 rings (SSSR count). The molecule has 1 aromatic carbocycles. The van der Waals surface area contributed by atoms with Crippen LogP contribution >= 0.6 is 0 Å². The number of nitrogens with zero attached hydrogens (tertiary/aromatic N) is 3. The van der Waals surface area contributed by atoms with Gasteiger partial charge in [0.25, 0.3) is 5.91 Å². The number of aliphatic carboxylic acids is 1. The van der Waals surface area contributed by atoms with Crippen molar-refractivity contribution < 1.29 is 14.7 Å². The summed E-state index contributed by atoms with van der Waals surface area (Å²) in [6.45, 7) is 9.39. The Bertz CT molecular complexity index is 780. The highest BCUT2D eigenvalue weighted by Gasteiger charge is 2.26. The fraction of sp³-hybridized carbons (Fsp3) is 0.444. The Labute approximate surface area is 147 Å². The van der Waals surface area contributed by atoms with Crippen molar-refractivity contribution in [2.75, 3.05) is 0 Å². The van der Waals surface area contributed by atoms with Gasteiger partial charge in [0, 0.05) is 0 Å². The molecular weight excluding hydrogens is 320 g/mol. The molecule has 2 aromatic rings. The van der Waals surface area contributed by atoms with Gasteiger partial charge in [0.05, 0.1) is 5.69 Å². The van der Waals surface area contributed by atoms with E-state index in [2.05, 4.69) is 29.2 Å². The van der Waals surface area contributed by atoms with Crippen LogP contribution in [0.5, 0.6) is 0 Å². The summed E-state index contributed by atoms with van der Waals surface area (Å²) >= 11 is 0. The quantitative estimate of drug-likeness (QED) is 0.839. The van der Waals surface area contributed by atoms with Crippen molar-refractivity contribution in [3.8, 4) is 5.69 Å². The molecule has 0 saturated heterocycles. The largest absolute Gasteiger partial charge is 0.480 e. The molecule has 0 bridgehead atoms. The summed E-state index contributed by atoms with van der Waals surface area (Å²) in [6.07, 6.45) is 0. The van der Waals surface area contributed by atoms with Gasteiger partial charge in [0.1, 0.15) is 11.9 Å². The second-order valence-corrected chi connectivity index (χ2v) is 6.64. The third kappa shape index (κ3) is 4.04. The lowest BCUT2D eigenvalue weighted by atomic mass is 10.0. The van der Waals surface area contributed by atoms with Crippen molar-refractivity contribution in [1.82, 2.24) is 20.1 Å². The minimum absolute atomic E-state index is 0.0389. The maximum atomic E-state index is 12.4. The SMILES string of the molecule is Cc1nc(C(=O)N[C@@H](C(=O)O)C(C)C)nn1-c1ccccc1C(C)C. The van der Waals surface area contributed by atoms with E-state index in [1.54, 1.807) is 25.5 Å². The number of carboxylic acid groups (broad SMARTS) is 1. The Morgan fingerprint density at radius 1 is 1.16 bits per heavy atom. The van der Waals surface area contributed by atoms with Gasteiger partial charge in [-0.05, 0) is 30.4 Å².